The summed E-state index contributed by atoms with van der Waals surface area (Å²) < 4.78 is 8.20. The Morgan fingerprint density at radius 3 is 2.48 bits per heavy atom. The number of aliphatic hydroxyl groups is 1. The van der Waals surface area contributed by atoms with Crippen LogP contribution >= 0.6 is 0 Å². The van der Waals surface area contributed by atoms with Crippen LogP contribution in [0.1, 0.15) is 42.3 Å². The Balaban J connectivity index is 1.54. The van der Waals surface area contributed by atoms with Crippen LogP contribution < -0.4 is 4.74 Å². The van der Waals surface area contributed by atoms with Crippen LogP contribution in [-0.4, -0.2) is 27.4 Å². The standard InChI is InChI=1S/C27H30N2O2/c1-19(2)23-14-13-20(3)15-26(23)31-18-22(30)17-29-25-12-8-7-11-24(25)28-27(29)16-21-9-5-4-6-10-21/h4-15,19,22,30H,16-18H2,1-3H3/t22-/m0/s1. The molecule has 31 heavy (non-hydrogen) atoms. The molecule has 160 valence electrons. The van der Waals surface area contributed by atoms with E-state index in [1.165, 1.54) is 5.56 Å². The fourth-order valence-electron chi connectivity index (χ4n) is 3.94. The summed E-state index contributed by atoms with van der Waals surface area (Å²) in [5.74, 6) is 2.17. The topological polar surface area (TPSA) is 47.3 Å². The van der Waals surface area contributed by atoms with Crippen molar-refractivity contribution in [2.24, 2.45) is 0 Å². The molecule has 0 unspecified atom stereocenters. The summed E-state index contributed by atoms with van der Waals surface area (Å²) in [4.78, 5) is 4.84. The van der Waals surface area contributed by atoms with E-state index in [2.05, 4.69) is 61.7 Å². The van der Waals surface area contributed by atoms with Gasteiger partial charge in [-0.25, -0.2) is 4.98 Å². The first-order valence-corrected chi connectivity index (χ1v) is 10.9. The number of aryl methyl sites for hydroxylation is 1. The number of imidazole rings is 1. The van der Waals surface area contributed by atoms with E-state index in [0.29, 0.717) is 12.5 Å². The van der Waals surface area contributed by atoms with Gasteiger partial charge in [-0.1, -0.05) is 68.4 Å². The Kier molecular flexibility index (Phi) is 6.38. The highest BCUT2D eigenvalue weighted by atomic mass is 16.5. The fraction of sp³-hybridized carbons (Fsp3) is 0.296. The Morgan fingerprint density at radius 1 is 0.968 bits per heavy atom. The lowest BCUT2D eigenvalue weighted by atomic mass is 10.0. The number of para-hydroxylation sites is 2. The van der Waals surface area contributed by atoms with Crippen molar-refractivity contribution in [1.82, 2.24) is 9.55 Å². The minimum atomic E-state index is -0.646. The summed E-state index contributed by atoms with van der Waals surface area (Å²) >= 11 is 0. The van der Waals surface area contributed by atoms with E-state index >= 15 is 0 Å². The van der Waals surface area contributed by atoms with Crippen molar-refractivity contribution in [2.45, 2.75) is 45.8 Å². The number of hydrogen-bond donors (Lipinski definition) is 1. The average molecular weight is 415 g/mol. The van der Waals surface area contributed by atoms with Crippen LogP contribution in [0.2, 0.25) is 0 Å². The van der Waals surface area contributed by atoms with E-state index in [-0.39, 0.29) is 6.61 Å². The second-order valence-electron chi connectivity index (χ2n) is 8.45. The molecule has 1 aromatic heterocycles. The molecule has 0 spiro atoms. The van der Waals surface area contributed by atoms with Gasteiger partial charge in [-0.15, -0.1) is 0 Å². The zero-order valence-corrected chi connectivity index (χ0v) is 18.5. The minimum absolute atomic E-state index is 0.237. The second kappa shape index (κ2) is 9.36. The van der Waals surface area contributed by atoms with Gasteiger partial charge >= 0.3 is 0 Å². The van der Waals surface area contributed by atoms with Crippen LogP contribution in [-0.2, 0) is 13.0 Å². The molecule has 1 N–H and O–H groups in total. The van der Waals surface area contributed by atoms with E-state index < -0.39 is 6.10 Å². The maximum Gasteiger partial charge on any atom is 0.123 e. The summed E-state index contributed by atoms with van der Waals surface area (Å²) in [6.45, 7) is 7.04. The third-order valence-corrected chi connectivity index (χ3v) is 5.55. The number of ether oxygens (including phenoxy) is 1. The molecule has 1 heterocycles. The van der Waals surface area contributed by atoms with Crippen molar-refractivity contribution in [2.75, 3.05) is 6.61 Å². The van der Waals surface area contributed by atoms with Gasteiger partial charge in [0.2, 0.25) is 0 Å². The predicted molar refractivity (Wildman–Crippen MR) is 126 cm³/mol. The number of fused-ring (bicyclic) bond motifs is 1. The smallest absolute Gasteiger partial charge is 0.123 e. The van der Waals surface area contributed by atoms with Crippen LogP contribution in [0.25, 0.3) is 11.0 Å². The highest BCUT2D eigenvalue weighted by Gasteiger charge is 2.16. The van der Waals surface area contributed by atoms with Gasteiger partial charge in [0.1, 0.15) is 24.3 Å². The Labute approximate surface area is 184 Å². The average Bonchev–Trinajstić information content (AvgIpc) is 3.09. The molecule has 0 bridgehead atoms. The lowest BCUT2D eigenvalue weighted by Crippen LogP contribution is -2.25. The summed E-state index contributed by atoms with van der Waals surface area (Å²) in [5.41, 5.74) is 5.50. The predicted octanol–water partition coefficient (Wildman–Crippen LogP) is 5.50. The normalized spacial score (nSPS) is 12.4. The zero-order valence-electron chi connectivity index (χ0n) is 18.5. The van der Waals surface area contributed by atoms with Crippen LogP contribution in [0, 0.1) is 6.92 Å². The highest BCUT2D eigenvalue weighted by Crippen LogP contribution is 2.28. The first-order chi connectivity index (χ1) is 15.0. The molecule has 4 nitrogen and oxygen atoms in total. The van der Waals surface area contributed by atoms with Gasteiger partial charge in [-0.2, -0.15) is 0 Å². The summed E-state index contributed by atoms with van der Waals surface area (Å²) in [5, 5.41) is 10.9. The molecule has 0 fully saturated rings. The molecule has 4 rings (SSSR count). The van der Waals surface area contributed by atoms with Crippen molar-refractivity contribution in [1.29, 1.82) is 0 Å². The van der Waals surface area contributed by atoms with Crippen LogP contribution in [0.3, 0.4) is 0 Å². The van der Waals surface area contributed by atoms with Crippen molar-refractivity contribution in [3.05, 3.63) is 95.3 Å². The number of hydrogen-bond acceptors (Lipinski definition) is 3. The molecule has 1 atom stereocenters. The lowest BCUT2D eigenvalue weighted by Gasteiger charge is -2.19. The number of nitrogens with zero attached hydrogens (tertiary/aromatic N) is 2. The Hall–Kier alpha value is -3.11. The molecule has 0 saturated carbocycles. The molecular formula is C27H30N2O2. The van der Waals surface area contributed by atoms with Crippen LogP contribution in [0.5, 0.6) is 5.75 Å². The number of aromatic nitrogens is 2. The van der Waals surface area contributed by atoms with Crippen LogP contribution in [0.15, 0.2) is 72.8 Å². The van der Waals surface area contributed by atoms with Gasteiger partial charge in [0.05, 0.1) is 17.6 Å². The molecule has 0 amide bonds. The minimum Gasteiger partial charge on any atom is -0.491 e. The number of benzene rings is 3. The summed E-state index contributed by atoms with van der Waals surface area (Å²) in [6, 6.07) is 24.7. The monoisotopic (exact) mass is 414 g/mol. The largest absolute Gasteiger partial charge is 0.491 e. The van der Waals surface area contributed by atoms with Crippen LogP contribution in [0.4, 0.5) is 0 Å². The summed E-state index contributed by atoms with van der Waals surface area (Å²) in [7, 11) is 0. The van der Waals surface area contributed by atoms with Gasteiger partial charge in [-0.3, -0.25) is 0 Å². The van der Waals surface area contributed by atoms with Gasteiger partial charge in [0, 0.05) is 6.42 Å². The Morgan fingerprint density at radius 2 is 1.71 bits per heavy atom. The SMILES string of the molecule is Cc1ccc(C(C)C)c(OC[C@@H](O)Cn2c(Cc3ccccc3)nc3ccccc32)c1. The maximum atomic E-state index is 10.9. The van der Waals surface area contributed by atoms with Gasteiger partial charge < -0.3 is 14.4 Å². The van der Waals surface area contributed by atoms with E-state index in [1.807, 2.05) is 36.4 Å². The van der Waals surface area contributed by atoms with Crippen molar-refractivity contribution < 1.29 is 9.84 Å². The zero-order chi connectivity index (χ0) is 21.8. The van der Waals surface area contributed by atoms with Crippen molar-refractivity contribution in [3.8, 4) is 5.75 Å². The number of aliphatic hydroxyl groups excluding tert-OH is 1. The van der Waals surface area contributed by atoms with Crippen molar-refractivity contribution >= 4 is 11.0 Å². The lowest BCUT2D eigenvalue weighted by molar-refractivity contribution is 0.0921. The van der Waals surface area contributed by atoms with E-state index in [1.54, 1.807) is 0 Å². The molecule has 0 aliphatic carbocycles. The molecule has 4 aromatic rings. The summed E-state index contributed by atoms with van der Waals surface area (Å²) in [6.07, 6.45) is 0.0750. The number of rotatable bonds is 8. The molecule has 0 aliphatic heterocycles. The quantitative estimate of drug-likeness (QED) is 0.414. The third kappa shape index (κ3) is 4.97. The molecule has 0 radical (unpaired) electrons. The molecule has 0 saturated heterocycles. The highest BCUT2D eigenvalue weighted by molar-refractivity contribution is 5.76. The molecule has 0 aliphatic rings. The van der Waals surface area contributed by atoms with Gasteiger partial charge in [0.15, 0.2) is 0 Å². The molecule has 3 aromatic carbocycles. The van der Waals surface area contributed by atoms with E-state index in [4.69, 9.17) is 9.72 Å². The van der Waals surface area contributed by atoms with Gasteiger partial charge in [0.25, 0.3) is 0 Å². The first kappa shape index (κ1) is 21.1. The second-order valence-corrected chi connectivity index (χ2v) is 8.45. The first-order valence-electron chi connectivity index (χ1n) is 10.9. The third-order valence-electron chi connectivity index (χ3n) is 5.55. The fourth-order valence-corrected chi connectivity index (χ4v) is 3.94. The Bertz CT molecular complexity index is 1150. The van der Waals surface area contributed by atoms with E-state index in [9.17, 15) is 5.11 Å². The molecular weight excluding hydrogens is 384 g/mol. The molecule has 4 heteroatoms. The van der Waals surface area contributed by atoms with Gasteiger partial charge in [-0.05, 0) is 47.7 Å². The maximum absolute atomic E-state index is 10.9. The van der Waals surface area contributed by atoms with Crippen molar-refractivity contribution in [3.63, 3.8) is 0 Å². The van der Waals surface area contributed by atoms with E-state index in [0.717, 1.165) is 40.2 Å².